The minimum atomic E-state index is -4.85. The number of imidazole rings is 1. The van der Waals surface area contributed by atoms with Gasteiger partial charge in [0.15, 0.2) is 17.7 Å². The van der Waals surface area contributed by atoms with Crippen LogP contribution in [0.1, 0.15) is 22.1 Å². The molecule has 3 atom stereocenters. The molecule has 0 spiro atoms. The Hall–Kier alpha value is -3.58. The SMILES string of the molecule is CO[C@H](COS(=O)(=O)NC(=O)c1ccc(C(F)(F)F)cc1N)[C@@H](O)[C@@H](O)n1cnc2c(N)ncnc21. The number of aromatic nitrogens is 4. The molecule has 3 rings (SSSR count). The summed E-state index contributed by atoms with van der Waals surface area (Å²) in [5.41, 5.74) is 9.02. The lowest BCUT2D eigenvalue weighted by atomic mass is 10.1. The normalized spacial score (nSPS) is 14.9. The number of nitrogens with two attached hydrogens (primary N) is 2. The Bertz CT molecular complexity index is 1370. The van der Waals surface area contributed by atoms with Crippen molar-refractivity contribution in [1.29, 1.82) is 0 Å². The molecular formula is C18H20F3N7O7S. The summed E-state index contributed by atoms with van der Waals surface area (Å²) in [6.45, 7) is -0.885. The maximum atomic E-state index is 12.7. The monoisotopic (exact) mass is 535 g/mol. The summed E-state index contributed by atoms with van der Waals surface area (Å²) in [5, 5.41) is 21.0. The van der Waals surface area contributed by atoms with Gasteiger partial charge in [0.2, 0.25) is 0 Å². The lowest BCUT2D eigenvalue weighted by Crippen LogP contribution is -2.41. The molecule has 7 N–H and O–H groups in total. The van der Waals surface area contributed by atoms with Crippen LogP contribution in [0.3, 0.4) is 0 Å². The molecule has 1 amide bonds. The molecule has 0 aliphatic carbocycles. The third-order valence-corrected chi connectivity index (χ3v) is 5.77. The first-order valence-corrected chi connectivity index (χ1v) is 11.2. The highest BCUT2D eigenvalue weighted by atomic mass is 32.2. The van der Waals surface area contributed by atoms with Gasteiger partial charge < -0.3 is 26.4 Å². The van der Waals surface area contributed by atoms with Crippen LogP contribution < -0.4 is 16.2 Å². The number of benzene rings is 1. The Morgan fingerprint density at radius 2 is 1.92 bits per heavy atom. The van der Waals surface area contributed by atoms with Crippen LogP contribution in [-0.2, 0) is 25.4 Å². The quantitative estimate of drug-likeness (QED) is 0.220. The van der Waals surface area contributed by atoms with E-state index in [1.165, 1.54) is 4.72 Å². The van der Waals surface area contributed by atoms with Gasteiger partial charge >= 0.3 is 16.5 Å². The first kappa shape index (κ1) is 27.0. The second-order valence-electron chi connectivity index (χ2n) is 7.23. The minimum absolute atomic E-state index is 0.0163. The molecule has 0 unspecified atom stereocenters. The number of ether oxygens (including phenoxy) is 1. The van der Waals surface area contributed by atoms with Crippen molar-refractivity contribution in [2.24, 2.45) is 0 Å². The molecule has 0 aliphatic rings. The number of nitrogens with one attached hydrogen (secondary N) is 1. The number of methoxy groups -OCH3 is 1. The van der Waals surface area contributed by atoms with Gasteiger partial charge in [-0.1, -0.05) is 0 Å². The van der Waals surface area contributed by atoms with Crippen molar-refractivity contribution in [3.8, 4) is 0 Å². The molecule has 2 aromatic heterocycles. The van der Waals surface area contributed by atoms with Crippen molar-refractivity contribution in [3.05, 3.63) is 42.0 Å². The van der Waals surface area contributed by atoms with Crippen LogP contribution >= 0.6 is 0 Å². The van der Waals surface area contributed by atoms with Crippen molar-refractivity contribution in [2.75, 3.05) is 25.2 Å². The van der Waals surface area contributed by atoms with Gasteiger partial charge in [-0.25, -0.2) is 19.7 Å². The molecule has 0 fully saturated rings. The van der Waals surface area contributed by atoms with Gasteiger partial charge in [0, 0.05) is 12.8 Å². The molecule has 14 nitrogen and oxygen atoms in total. The molecule has 0 saturated heterocycles. The zero-order valence-corrected chi connectivity index (χ0v) is 19.1. The highest BCUT2D eigenvalue weighted by molar-refractivity contribution is 7.85. The second-order valence-corrected chi connectivity index (χ2v) is 8.58. The fourth-order valence-corrected chi connectivity index (χ4v) is 3.74. The van der Waals surface area contributed by atoms with Crippen LogP contribution in [-0.4, -0.2) is 70.0 Å². The molecule has 0 aliphatic heterocycles. The average molecular weight is 535 g/mol. The lowest BCUT2D eigenvalue weighted by Gasteiger charge is -2.26. The fourth-order valence-electron chi connectivity index (χ4n) is 3.03. The highest BCUT2D eigenvalue weighted by Crippen LogP contribution is 2.31. The molecule has 18 heteroatoms. The van der Waals surface area contributed by atoms with E-state index in [4.69, 9.17) is 16.2 Å². The Morgan fingerprint density at radius 1 is 1.22 bits per heavy atom. The predicted molar refractivity (Wildman–Crippen MR) is 116 cm³/mol. The molecular weight excluding hydrogens is 515 g/mol. The van der Waals surface area contributed by atoms with Crippen LogP contribution in [0.15, 0.2) is 30.9 Å². The van der Waals surface area contributed by atoms with Crippen molar-refractivity contribution < 1.29 is 45.5 Å². The molecule has 1 aromatic carbocycles. The summed E-state index contributed by atoms with van der Waals surface area (Å²) >= 11 is 0. The number of alkyl halides is 3. The molecule has 3 aromatic rings. The van der Waals surface area contributed by atoms with Gasteiger partial charge in [-0.2, -0.15) is 21.6 Å². The van der Waals surface area contributed by atoms with E-state index in [2.05, 4.69) is 19.1 Å². The smallest absolute Gasteiger partial charge is 0.398 e. The number of nitrogen functional groups attached to an aromatic ring is 2. The van der Waals surface area contributed by atoms with Crippen LogP contribution in [0.2, 0.25) is 0 Å². The van der Waals surface area contributed by atoms with E-state index >= 15 is 0 Å². The van der Waals surface area contributed by atoms with Crippen LogP contribution in [0.5, 0.6) is 0 Å². The number of nitrogens with zero attached hydrogens (tertiary/aromatic N) is 4. The molecule has 2 heterocycles. The van der Waals surface area contributed by atoms with Crippen LogP contribution in [0, 0.1) is 0 Å². The number of anilines is 2. The molecule has 0 saturated carbocycles. The van der Waals surface area contributed by atoms with Crippen LogP contribution in [0.4, 0.5) is 24.7 Å². The maximum absolute atomic E-state index is 12.7. The van der Waals surface area contributed by atoms with Gasteiger partial charge in [-0.3, -0.25) is 13.5 Å². The molecule has 0 radical (unpaired) electrons. The zero-order chi connectivity index (χ0) is 26.8. The number of aliphatic hydroxyl groups is 2. The maximum Gasteiger partial charge on any atom is 0.416 e. The predicted octanol–water partition coefficient (Wildman–Crippen LogP) is -0.432. The van der Waals surface area contributed by atoms with E-state index in [-0.39, 0.29) is 17.0 Å². The summed E-state index contributed by atoms with van der Waals surface area (Å²) in [6.07, 6.45) is -7.50. The second kappa shape index (κ2) is 10.2. The largest absolute Gasteiger partial charge is 0.416 e. The number of hydrogen-bond donors (Lipinski definition) is 5. The van der Waals surface area contributed by atoms with Crippen LogP contribution in [0.25, 0.3) is 11.2 Å². The summed E-state index contributed by atoms with van der Waals surface area (Å²) in [5.74, 6) is -1.35. The standard InChI is InChI=1S/C18H20F3N7O7S/c1-34-11(13(29)17(31)28-7-26-12-14(23)24-6-25-15(12)28)5-35-36(32,33)27-16(30)9-3-2-8(4-10(9)22)18(19,20)21/h2-4,6-7,11,13,17,29,31H,5,22H2,1H3,(H,27,30)(H2,23,24,25)/t11-,13-,17-/m1/s1. The van der Waals surface area contributed by atoms with Crippen molar-refractivity contribution in [2.45, 2.75) is 24.6 Å². The third kappa shape index (κ3) is 5.79. The Balaban J connectivity index is 1.67. The van der Waals surface area contributed by atoms with E-state index in [9.17, 15) is 36.6 Å². The van der Waals surface area contributed by atoms with Gasteiger partial charge in [-0.15, -0.1) is 0 Å². The van der Waals surface area contributed by atoms with Gasteiger partial charge in [0.1, 0.15) is 24.1 Å². The molecule has 0 bridgehead atoms. The van der Waals surface area contributed by atoms with E-state index < -0.39 is 64.2 Å². The number of carbonyl (C=O) groups excluding carboxylic acids is 1. The topological polar surface area (TPSA) is 218 Å². The van der Waals surface area contributed by atoms with Crippen molar-refractivity contribution in [3.63, 3.8) is 0 Å². The molecule has 36 heavy (non-hydrogen) atoms. The van der Waals surface area contributed by atoms with Gasteiger partial charge in [0.05, 0.1) is 24.1 Å². The van der Waals surface area contributed by atoms with Crippen molar-refractivity contribution in [1.82, 2.24) is 24.2 Å². The third-order valence-electron chi connectivity index (χ3n) is 4.89. The summed E-state index contributed by atoms with van der Waals surface area (Å²) in [6, 6.07) is 1.72. The first-order valence-electron chi connectivity index (χ1n) is 9.75. The lowest BCUT2D eigenvalue weighted by molar-refractivity contribution is -0.137. The number of halogens is 3. The average Bonchev–Trinajstić information content (AvgIpc) is 3.23. The Kier molecular flexibility index (Phi) is 7.65. The number of rotatable bonds is 9. The fraction of sp³-hybridized carbons (Fsp3) is 0.333. The minimum Gasteiger partial charge on any atom is -0.398 e. The molecule has 196 valence electrons. The summed E-state index contributed by atoms with van der Waals surface area (Å²) in [7, 11) is -3.76. The van der Waals surface area contributed by atoms with E-state index in [1.807, 2.05) is 0 Å². The zero-order valence-electron chi connectivity index (χ0n) is 18.2. The van der Waals surface area contributed by atoms with E-state index in [0.717, 1.165) is 24.3 Å². The van der Waals surface area contributed by atoms with E-state index in [0.29, 0.717) is 18.2 Å². The first-order chi connectivity index (χ1) is 16.7. The number of fused-ring (bicyclic) bond motifs is 1. The van der Waals surface area contributed by atoms with E-state index in [1.54, 1.807) is 0 Å². The van der Waals surface area contributed by atoms with Crippen molar-refractivity contribution >= 4 is 38.9 Å². The number of aliphatic hydroxyl groups excluding tert-OH is 2. The number of hydrogen-bond acceptors (Lipinski definition) is 12. The Morgan fingerprint density at radius 3 is 2.53 bits per heavy atom. The summed E-state index contributed by atoms with van der Waals surface area (Å²) < 4.78 is 74.8. The highest BCUT2D eigenvalue weighted by Gasteiger charge is 2.33. The Labute approximate surface area is 200 Å². The van der Waals surface area contributed by atoms with Gasteiger partial charge in [-0.05, 0) is 18.2 Å². The number of carbonyl (C=O) groups is 1. The number of amides is 1. The summed E-state index contributed by atoms with van der Waals surface area (Å²) in [4.78, 5) is 23.8. The van der Waals surface area contributed by atoms with Gasteiger partial charge in [0.25, 0.3) is 5.91 Å².